The smallest absolute Gasteiger partial charge is 0.215 e. The number of methoxy groups -OCH3 is 1. The number of imidazole rings is 1. The number of hydrogen-bond acceptors (Lipinski definition) is 4. The van der Waals surface area contributed by atoms with Crippen LogP contribution in [0.4, 0.5) is 0 Å². The van der Waals surface area contributed by atoms with Gasteiger partial charge in [-0.25, -0.2) is 4.98 Å². The lowest BCUT2D eigenvalue weighted by Gasteiger charge is -2.16. The summed E-state index contributed by atoms with van der Waals surface area (Å²) in [6.07, 6.45) is 0.751. The Morgan fingerprint density at radius 1 is 1.40 bits per heavy atom. The van der Waals surface area contributed by atoms with E-state index in [1.54, 1.807) is 7.11 Å². The summed E-state index contributed by atoms with van der Waals surface area (Å²) in [5.41, 5.74) is 1.79. The van der Waals surface area contributed by atoms with Crippen molar-refractivity contribution in [3.63, 3.8) is 0 Å². The second kappa shape index (κ2) is 7.18. The summed E-state index contributed by atoms with van der Waals surface area (Å²) in [4.78, 5) is 9.21. The highest BCUT2D eigenvalue weighted by Gasteiger charge is 2.17. The lowest BCUT2D eigenvalue weighted by Crippen LogP contribution is -2.13. The fourth-order valence-corrected chi connectivity index (χ4v) is 3.10. The van der Waals surface area contributed by atoms with E-state index in [0.29, 0.717) is 17.8 Å². The highest BCUT2D eigenvalue weighted by atomic mass is 35.5. The first kappa shape index (κ1) is 15.4. The van der Waals surface area contributed by atoms with E-state index in [1.165, 1.54) is 0 Å². The van der Waals surface area contributed by atoms with E-state index in [2.05, 4.69) is 28.4 Å². The van der Waals surface area contributed by atoms with Gasteiger partial charge in [0, 0.05) is 30.2 Å². The molecule has 2 aromatic heterocycles. The van der Waals surface area contributed by atoms with E-state index in [-0.39, 0.29) is 0 Å². The average molecular weight is 314 g/mol. The van der Waals surface area contributed by atoms with E-state index < -0.39 is 0 Å². The number of hydrogen-bond donors (Lipinski definition) is 0. The summed E-state index contributed by atoms with van der Waals surface area (Å²) in [5.74, 6) is 4.33. The maximum Gasteiger partial charge on any atom is 0.215 e. The van der Waals surface area contributed by atoms with Crippen LogP contribution in [-0.4, -0.2) is 39.0 Å². The monoisotopic (exact) mass is 313 g/mol. The fraction of sp³-hybridized carbons (Fsp3) is 0.571. The Bertz CT molecular complexity index is 573. The van der Waals surface area contributed by atoms with Gasteiger partial charge >= 0.3 is 0 Å². The van der Waals surface area contributed by atoms with Gasteiger partial charge < -0.3 is 9.30 Å². The van der Waals surface area contributed by atoms with Gasteiger partial charge in [0.05, 0.1) is 7.11 Å². The molecule has 0 aromatic carbocycles. The van der Waals surface area contributed by atoms with Crippen molar-refractivity contribution in [1.82, 2.24) is 14.5 Å². The minimum atomic E-state index is 0.336. The Balaban J connectivity index is 2.47. The van der Waals surface area contributed by atoms with Crippen LogP contribution in [0.3, 0.4) is 0 Å². The largest absolute Gasteiger partial charge is 0.481 e. The van der Waals surface area contributed by atoms with Gasteiger partial charge in [0.2, 0.25) is 5.88 Å². The first-order valence-corrected chi connectivity index (χ1v) is 8.45. The third kappa shape index (κ3) is 3.20. The van der Waals surface area contributed by atoms with Gasteiger partial charge in [-0.1, -0.05) is 6.92 Å². The van der Waals surface area contributed by atoms with Crippen molar-refractivity contribution < 1.29 is 4.74 Å². The van der Waals surface area contributed by atoms with Crippen molar-refractivity contribution >= 4 is 34.5 Å². The van der Waals surface area contributed by atoms with Crippen molar-refractivity contribution in [2.24, 2.45) is 0 Å². The first-order valence-electron chi connectivity index (χ1n) is 6.76. The number of thioether (sulfide) groups is 1. The molecule has 0 fully saturated rings. The molecule has 0 bridgehead atoms. The summed E-state index contributed by atoms with van der Waals surface area (Å²) in [6.45, 7) is 4.37. The zero-order chi connectivity index (χ0) is 14.5. The zero-order valence-corrected chi connectivity index (χ0v) is 13.7. The second-order valence-electron chi connectivity index (χ2n) is 4.54. The average Bonchev–Trinajstić information content (AvgIpc) is 2.82. The number of nitrogens with zero attached hydrogens (tertiary/aromatic N) is 3. The van der Waals surface area contributed by atoms with Crippen LogP contribution in [0.25, 0.3) is 11.2 Å². The van der Waals surface area contributed by atoms with Crippen molar-refractivity contribution in [3.8, 4) is 5.88 Å². The van der Waals surface area contributed by atoms with Crippen LogP contribution in [0.1, 0.15) is 25.7 Å². The van der Waals surface area contributed by atoms with Crippen LogP contribution in [0.2, 0.25) is 0 Å². The molecule has 110 valence electrons. The van der Waals surface area contributed by atoms with Gasteiger partial charge in [0.1, 0.15) is 11.3 Å². The molecule has 0 radical (unpaired) electrons. The van der Waals surface area contributed by atoms with E-state index >= 15 is 0 Å². The second-order valence-corrected chi connectivity index (χ2v) is 6.24. The van der Waals surface area contributed by atoms with Gasteiger partial charge in [-0.05, 0) is 18.7 Å². The predicted octanol–water partition coefficient (Wildman–Crippen LogP) is 3.54. The summed E-state index contributed by atoms with van der Waals surface area (Å²) in [5, 5.41) is 0. The predicted molar refractivity (Wildman–Crippen MR) is 86.2 cm³/mol. The zero-order valence-electron chi connectivity index (χ0n) is 12.1. The van der Waals surface area contributed by atoms with E-state index in [9.17, 15) is 0 Å². The van der Waals surface area contributed by atoms with E-state index in [1.807, 2.05) is 23.9 Å². The van der Waals surface area contributed by atoms with Crippen LogP contribution in [-0.2, 0) is 6.42 Å². The van der Waals surface area contributed by atoms with E-state index in [4.69, 9.17) is 16.3 Å². The fourth-order valence-electron chi connectivity index (χ4n) is 2.20. The quantitative estimate of drug-likeness (QED) is 0.733. The number of ether oxygens (including phenoxy) is 1. The van der Waals surface area contributed by atoms with Gasteiger partial charge in [-0.3, -0.25) is 0 Å². The summed E-state index contributed by atoms with van der Waals surface area (Å²) < 4.78 is 7.42. The Kier molecular flexibility index (Phi) is 5.54. The molecule has 0 amide bonds. The number of rotatable bonds is 7. The molecular formula is C14H20ClN3OS. The number of aromatic nitrogens is 3. The Hall–Kier alpha value is -0.940. The molecule has 6 heteroatoms. The third-order valence-electron chi connectivity index (χ3n) is 3.12. The summed E-state index contributed by atoms with van der Waals surface area (Å²) in [6, 6.07) is 4.13. The number of halogens is 1. The molecule has 2 heterocycles. The van der Waals surface area contributed by atoms with Crippen molar-refractivity contribution in [3.05, 3.63) is 18.0 Å². The van der Waals surface area contributed by atoms with Crippen LogP contribution in [0.15, 0.2) is 12.1 Å². The van der Waals surface area contributed by atoms with Crippen LogP contribution < -0.4 is 4.74 Å². The Morgan fingerprint density at radius 2 is 2.20 bits per heavy atom. The van der Waals surface area contributed by atoms with Crippen molar-refractivity contribution in [2.45, 2.75) is 26.3 Å². The molecule has 1 atom stereocenters. The molecule has 0 aliphatic rings. The van der Waals surface area contributed by atoms with Crippen molar-refractivity contribution in [2.75, 3.05) is 24.5 Å². The number of fused-ring (bicyclic) bond motifs is 1. The minimum Gasteiger partial charge on any atom is -0.481 e. The first-order chi connectivity index (χ1) is 9.71. The maximum atomic E-state index is 5.90. The standard InChI is InChI=1S/C14H20ClN3OS/c1-4-20-9-10(2)18-12(7-8-15)16-11-5-6-13(19-3)17-14(11)18/h5-6,10H,4,7-9H2,1-3H3. The van der Waals surface area contributed by atoms with Gasteiger partial charge in [0.15, 0.2) is 5.65 Å². The molecule has 0 aliphatic carbocycles. The SMILES string of the molecule is CCSCC(C)n1c(CCCl)nc2ccc(OC)nc21. The molecule has 0 aliphatic heterocycles. The van der Waals surface area contributed by atoms with Gasteiger partial charge in [-0.2, -0.15) is 16.7 Å². The lowest BCUT2D eigenvalue weighted by atomic mass is 10.3. The minimum absolute atomic E-state index is 0.336. The Morgan fingerprint density at radius 3 is 2.85 bits per heavy atom. The summed E-state index contributed by atoms with van der Waals surface area (Å²) >= 11 is 7.82. The van der Waals surface area contributed by atoms with Gasteiger partial charge in [0.25, 0.3) is 0 Å². The highest BCUT2D eigenvalue weighted by Crippen LogP contribution is 2.24. The van der Waals surface area contributed by atoms with Gasteiger partial charge in [-0.15, -0.1) is 11.6 Å². The number of pyridine rings is 1. The molecule has 0 saturated carbocycles. The van der Waals surface area contributed by atoms with E-state index in [0.717, 1.165) is 34.9 Å². The molecule has 2 rings (SSSR count). The topological polar surface area (TPSA) is 39.9 Å². The molecule has 0 N–H and O–H groups in total. The molecule has 2 aromatic rings. The third-order valence-corrected chi connectivity index (χ3v) is 4.43. The molecule has 0 spiro atoms. The lowest BCUT2D eigenvalue weighted by molar-refractivity contribution is 0.398. The number of aryl methyl sites for hydroxylation is 1. The molecular weight excluding hydrogens is 294 g/mol. The van der Waals surface area contributed by atoms with Crippen molar-refractivity contribution in [1.29, 1.82) is 0 Å². The molecule has 0 saturated heterocycles. The molecule has 1 unspecified atom stereocenters. The molecule has 20 heavy (non-hydrogen) atoms. The van der Waals surface area contributed by atoms with Crippen LogP contribution in [0.5, 0.6) is 5.88 Å². The Labute approximate surface area is 128 Å². The van der Waals surface area contributed by atoms with Crippen LogP contribution >= 0.6 is 23.4 Å². The van der Waals surface area contributed by atoms with Crippen LogP contribution in [0, 0.1) is 0 Å². The normalized spacial score (nSPS) is 12.8. The highest BCUT2D eigenvalue weighted by molar-refractivity contribution is 7.99. The summed E-state index contributed by atoms with van der Waals surface area (Å²) in [7, 11) is 1.63. The maximum absolute atomic E-state index is 5.90. The molecule has 4 nitrogen and oxygen atoms in total. The number of alkyl halides is 1.